The molecule has 4 heteroatoms. The Balaban J connectivity index is 2.16. The lowest BCUT2D eigenvalue weighted by molar-refractivity contribution is -0.121. The molecule has 0 radical (unpaired) electrons. The second kappa shape index (κ2) is 4.67. The van der Waals surface area contributed by atoms with Gasteiger partial charge >= 0.3 is 0 Å². The highest BCUT2D eigenvalue weighted by Gasteiger charge is 2.37. The van der Waals surface area contributed by atoms with Gasteiger partial charge in [0.1, 0.15) is 0 Å². The van der Waals surface area contributed by atoms with Crippen LogP contribution >= 0.6 is 11.6 Å². The predicted molar refractivity (Wildman–Crippen MR) is 70.2 cm³/mol. The Morgan fingerprint density at radius 1 is 1.41 bits per heavy atom. The van der Waals surface area contributed by atoms with Gasteiger partial charge in [0.25, 0.3) is 0 Å². The molecular formula is C13H17ClN2O. The number of benzene rings is 1. The fourth-order valence-electron chi connectivity index (χ4n) is 2.22. The van der Waals surface area contributed by atoms with Gasteiger partial charge in [-0.25, -0.2) is 0 Å². The van der Waals surface area contributed by atoms with Crippen molar-refractivity contribution in [2.75, 3.05) is 5.32 Å². The average Bonchev–Trinajstić information content (AvgIpc) is 2.73. The number of nitrogens with two attached hydrogens (primary N) is 1. The normalized spacial score (nSPS) is 18.1. The topological polar surface area (TPSA) is 55.1 Å². The third kappa shape index (κ3) is 2.45. The molecule has 1 aromatic carbocycles. The first-order valence-corrected chi connectivity index (χ1v) is 6.26. The summed E-state index contributed by atoms with van der Waals surface area (Å²) in [5.41, 5.74) is 6.96. The zero-order valence-electron chi connectivity index (χ0n) is 9.92. The third-order valence-corrected chi connectivity index (χ3v) is 3.89. The number of halogens is 1. The van der Waals surface area contributed by atoms with Crippen molar-refractivity contribution in [3.05, 3.63) is 28.8 Å². The fraction of sp³-hybridized carbons (Fsp3) is 0.462. The zero-order valence-corrected chi connectivity index (χ0v) is 10.7. The molecule has 1 aliphatic rings. The van der Waals surface area contributed by atoms with Gasteiger partial charge in [-0.1, -0.05) is 36.6 Å². The van der Waals surface area contributed by atoms with Crippen molar-refractivity contribution in [1.29, 1.82) is 0 Å². The number of aryl methyl sites for hydroxylation is 1. The lowest BCUT2D eigenvalue weighted by Gasteiger charge is -2.22. The molecule has 0 saturated heterocycles. The molecule has 0 atom stereocenters. The van der Waals surface area contributed by atoms with E-state index < -0.39 is 5.54 Å². The van der Waals surface area contributed by atoms with Crippen molar-refractivity contribution < 1.29 is 4.79 Å². The number of amides is 1. The predicted octanol–water partition coefficient (Wildman–Crippen LogP) is 2.86. The molecule has 0 aliphatic heterocycles. The van der Waals surface area contributed by atoms with E-state index >= 15 is 0 Å². The van der Waals surface area contributed by atoms with E-state index in [-0.39, 0.29) is 5.91 Å². The Labute approximate surface area is 106 Å². The molecule has 0 heterocycles. The van der Waals surface area contributed by atoms with Gasteiger partial charge in [0.2, 0.25) is 5.91 Å². The van der Waals surface area contributed by atoms with Crippen LogP contribution in [0.4, 0.5) is 5.69 Å². The Hall–Kier alpha value is -1.06. The van der Waals surface area contributed by atoms with E-state index in [0.717, 1.165) is 31.2 Å². The number of hydrogen-bond acceptors (Lipinski definition) is 2. The molecule has 17 heavy (non-hydrogen) atoms. The van der Waals surface area contributed by atoms with Crippen LogP contribution in [0.2, 0.25) is 5.02 Å². The number of hydrogen-bond donors (Lipinski definition) is 2. The van der Waals surface area contributed by atoms with Gasteiger partial charge in [-0.2, -0.15) is 0 Å². The van der Waals surface area contributed by atoms with Gasteiger partial charge in [0.05, 0.1) is 16.2 Å². The number of carbonyl (C=O) groups excluding carboxylic acids is 1. The highest BCUT2D eigenvalue weighted by atomic mass is 35.5. The van der Waals surface area contributed by atoms with Crippen LogP contribution in [0, 0.1) is 6.92 Å². The minimum Gasteiger partial charge on any atom is -0.323 e. The first-order chi connectivity index (χ1) is 8.03. The van der Waals surface area contributed by atoms with E-state index in [1.54, 1.807) is 6.07 Å². The second-order valence-corrected chi connectivity index (χ2v) is 5.13. The first-order valence-electron chi connectivity index (χ1n) is 5.88. The van der Waals surface area contributed by atoms with Crippen molar-refractivity contribution in [3.8, 4) is 0 Å². The molecule has 0 aromatic heterocycles. The molecule has 1 aromatic rings. The summed E-state index contributed by atoms with van der Waals surface area (Å²) in [6.45, 7) is 1.91. The van der Waals surface area contributed by atoms with E-state index in [0.29, 0.717) is 10.7 Å². The fourth-order valence-corrected chi connectivity index (χ4v) is 2.40. The second-order valence-electron chi connectivity index (χ2n) is 4.75. The van der Waals surface area contributed by atoms with Gasteiger partial charge in [0, 0.05) is 0 Å². The van der Waals surface area contributed by atoms with Crippen molar-refractivity contribution in [3.63, 3.8) is 0 Å². The molecular weight excluding hydrogens is 236 g/mol. The van der Waals surface area contributed by atoms with Gasteiger partial charge in [-0.3, -0.25) is 4.79 Å². The van der Waals surface area contributed by atoms with Crippen molar-refractivity contribution in [2.45, 2.75) is 38.1 Å². The van der Waals surface area contributed by atoms with Crippen LogP contribution in [0.25, 0.3) is 0 Å². The smallest absolute Gasteiger partial charge is 0.244 e. The Bertz CT molecular complexity index is 439. The number of rotatable bonds is 2. The summed E-state index contributed by atoms with van der Waals surface area (Å²) in [5.74, 6) is -0.123. The van der Waals surface area contributed by atoms with E-state index in [4.69, 9.17) is 17.3 Å². The van der Waals surface area contributed by atoms with E-state index in [9.17, 15) is 4.79 Å². The molecule has 3 N–H and O–H groups in total. The van der Waals surface area contributed by atoms with E-state index in [1.165, 1.54) is 0 Å². The third-order valence-electron chi connectivity index (χ3n) is 3.39. The van der Waals surface area contributed by atoms with Crippen LogP contribution in [0.3, 0.4) is 0 Å². The lowest BCUT2D eigenvalue weighted by atomic mass is 9.98. The summed E-state index contributed by atoms with van der Waals surface area (Å²) in [6.07, 6.45) is 3.54. The molecule has 0 unspecified atom stereocenters. The Morgan fingerprint density at radius 3 is 2.71 bits per heavy atom. The summed E-state index contributed by atoms with van der Waals surface area (Å²) in [7, 11) is 0. The number of carbonyl (C=O) groups is 1. The quantitative estimate of drug-likeness (QED) is 0.850. The molecule has 92 valence electrons. The molecule has 1 fully saturated rings. The van der Waals surface area contributed by atoms with Crippen LogP contribution in [-0.2, 0) is 4.79 Å². The minimum absolute atomic E-state index is 0.123. The highest BCUT2D eigenvalue weighted by molar-refractivity contribution is 6.34. The molecule has 2 rings (SSSR count). The van der Waals surface area contributed by atoms with Crippen LogP contribution in [-0.4, -0.2) is 11.4 Å². The minimum atomic E-state index is -0.715. The monoisotopic (exact) mass is 252 g/mol. The van der Waals surface area contributed by atoms with Gasteiger partial charge in [-0.15, -0.1) is 0 Å². The highest BCUT2D eigenvalue weighted by Crippen LogP contribution is 2.30. The van der Waals surface area contributed by atoms with Gasteiger partial charge in [0.15, 0.2) is 0 Å². The molecule has 3 nitrogen and oxygen atoms in total. The average molecular weight is 253 g/mol. The Kier molecular flexibility index (Phi) is 3.40. The van der Waals surface area contributed by atoms with Crippen molar-refractivity contribution in [1.82, 2.24) is 0 Å². The summed E-state index contributed by atoms with van der Waals surface area (Å²) in [4.78, 5) is 12.1. The Morgan fingerprint density at radius 2 is 2.06 bits per heavy atom. The lowest BCUT2D eigenvalue weighted by Crippen LogP contribution is -2.48. The zero-order chi connectivity index (χ0) is 12.5. The van der Waals surface area contributed by atoms with Crippen LogP contribution in [0.15, 0.2) is 18.2 Å². The van der Waals surface area contributed by atoms with Crippen LogP contribution < -0.4 is 11.1 Å². The number of nitrogens with one attached hydrogen (secondary N) is 1. The largest absolute Gasteiger partial charge is 0.323 e. The first kappa shape index (κ1) is 12.4. The van der Waals surface area contributed by atoms with E-state index in [2.05, 4.69) is 5.32 Å². The number of anilines is 1. The summed E-state index contributed by atoms with van der Waals surface area (Å²) < 4.78 is 0. The maximum Gasteiger partial charge on any atom is 0.244 e. The molecule has 0 bridgehead atoms. The van der Waals surface area contributed by atoms with Crippen LogP contribution in [0.5, 0.6) is 0 Å². The SMILES string of the molecule is Cc1cccc(NC(=O)C2(N)CCCC2)c1Cl. The van der Waals surface area contributed by atoms with Crippen molar-refractivity contribution >= 4 is 23.2 Å². The molecule has 0 spiro atoms. The standard InChI is InChI=1S/C13H17ClN2O/c1-9-5-4-6-10(11(9)14)16-12(17)13(15)7-2-3-8-13/h4-6H,2-3,7-8,15H2,1H3,(H,16,17). The maximum absolute atomic E-state index is 12.1. The van der Waals surface area contributed by atoms with Crippen molar-refractivity contribution in [2.24, 2.45) is 5.73 Å². The van der Waals surface area contributed by atoms with Gasteiger partial charge < -0.3 is 11.1 Å². The molecule has 1 amide bonds. The maximum atomic E-state index is 12.1. The molecule has 1 saturated carbocycles. The summed E-state index contributed by atoms with van der Waals surface area (Å²) in [6, 6.07) is 5.58. The van der Waals surface area contributed by atoms with Gasteiger partial charge in [-0.05, 0) is 31.4 Å². The van der Waals surface area contributed by atoms with E-state index in [1.807, 2.05) is 19.1 Å². The van der Waals surface area contributed by atoms with Crippen LogP contribution in [0.1, 0.15) is 31.2 Å². The molecule has 1 aliphatic carbocycles. The summed E-state index contributed by atoms with van der Waals surface area (Å²) >= 11 is 6.13. The summed E-state index contributed by atoms with van der Waals surface area (Å²) in [5, 5.41) is 3.42.